The lowest BCUT2D eigenvalue weighted by Crippen LogP contribution is -2.51. The summed E-state index contributed by atoms with van der Waals surface area (Å²) >= 11 is 0. The Hall–Kier alpha value is -0.960. The Morgan fingerprint density at radius 1 is 1.17 bits per heavy atom. The van der Waals surface area contributed by atoms with E-state index < -0.39 is 11.6 Å². The second-order valence-electron chi connectivity index (χ2n) is 5.90. The first kappa shape index (κ1) is 13.5. The van der Waals surface area contributed by atoms with Crippen molar-refractivity contribution in [3.63, 3.8) is 0 Å². The second-order valence-corrected chi connectivity index (χ2v) is 5.90. The van der Waals surface area contributed by atoms with Crippen LogP contribution in [0.3, 0.4) is 0 Å². The first-order valence-electron chi connectivity index (χ1n) is 6.66. The molecule has 1 fully saturated rings. The highest BCUT2D eigenvalue weighted by atomic mass is 19.1. The molecule has 3 heteroatoms. The van der Waals surface area contributed by atoms with Gasteiger partial charge in [0, 0.05) is 17.5 Å². The summed E-state index contributed by atoms with van der Waals surface area (Å²) in [5.41, 5.74) is 6.82. The van der Waals surface area contributed by atoms with Crippen molar-refractivity contribution in [2.45, 2.75) is 51.0 Å². The van der Waals surface area contributed by atoms with Gasteiger partial charge in [-0.2, -0.15) is 0 Å². The smallest absolute Gasteiger partial charge is 0.126 e. The predicted molar refractivity (Wildman–Crippen MR) is 69.3 cm³/mol. The van der Waals surface area contributed by atoms with Crippen LogP contribution in [0.1, 0.15) is 45.1 Å². The van der Waals surface area contributed by atoms with E-state index >= 15 is 0 Å². The molecule has 0 heterocycles. The molecule has 1 aromatic carbocycles. The maximum absolute atomic E-state index is 13.4. The van der Waals surface area contributed by atoms with Crippen LogP contribution < -0.4 is 5.73 Å². The molecule has 1 aliphatic carbocycles. The maximum Gasteiger partial charge on any atom is 0.126 e. The minimum Gasteiger partial charge on any atom is -0.327 e. The third-order valence-corrected chi connectivity index (χ3v) is 4.12. The summed E-state index contributed by atoms with van der Waals surface area (Å²) < 4.78 is 26.7. The van der Waals surface area contributed by atoms with Gasteiger partial charge in [-0.05, 0) is 42.9 Å². The summed E-state index contributed by atoms with van der Waals surface area (Å²) in [7, 11) is 0. The van der Waals surface area contributed by atoms with E-state index in [1.807, 2.05) is 0 Å². The van der Waals surface area contributed by atoms with Crippen LogP contribution in [0, 0.1) is 17.6 Å². The average Bonchev–Trinajstić information content (AvgIpc) is 2.12. The molecule has 0 spiro atoms. The lowest BCUT2D eigenvalue weighted by atomic mass is 9.59. The molecular weight excluding hydrogens is 232 g/mol. The Balaban J connectivity index is 2.31. The van der Waals surface area contributed by atoms with Crippen molar-refractivity contribution >= 4 is 0 Å². The molecule has 0 amide bonds. The molecule has 18 heavy (non-hydrogen) atoms. The minimum absolute atomic E-state index is 0.0209. The van der Waals surface area contributed by atoms with Gasteiger partial charge in [-0.25, -0.2) is 8.78 Å². The van der Waals surface area contributed by atoms with Gasteiger partial charge >= 0.3 is 0 Å². The van der Waals surface area contributed by atoms with Crippen LogP contribution in [0.2, 0.25) is 0 Å². The van der Waals surface area contributed by atoms with Gasteiger partial charge in [0.05, 0.1) is 0 Å². The summed E-state index contributed by atoms with van der Waals surface area (Å²) in [5, 5.41) is 0. The van der Waals surface area contributed by atoms with Crippen molar-refractivity contribution in [3.05, 3.63) is 35.4 Å². The molecule has 100 valence electrons. The number of nitrogens with two attached hydrogens (primary N) is 1. The van der Waals surface area contributed by atoms with Gasteiger partial charge in [-0.1, -0.05) is 20.3 Å². The third kappa shape index (κ3) is 2.41. The fourth-order valence-electron chi connectivity index (χ4n) is 3.01. The monoisotopic (exact) mass is 253 g/mol. The fraction of sp³-hybridized carbons (Fsp3) is 0.600. The number of hydrogen-bond donors (Lipinski definition) is 1. The minimum atomic E-state index is -0.506. The lowest BCUT2D eigenvalue weighted by Gasteiger charge is -2.47. The first-order chi connectivity index (χ1) is 8.44. The van der Waals surface area contributed by atoms with E-state index in [0.29, 0.717) is 5.92 Å². The van der Waals surface area contributed by atoms with Crippen LogP contribution in [0.25, 0.3) is 0 Å². The maximum atomic E-state index is 13.4. The van der Waals surface area contributed by atoms with Gasteiger partial charge in [0.15, 0.2) is 0 Å². The highest BCUT2D eigenvalue weighted by Crippen LogP contribution is 2.47. The SMILES string of the molecule is CC(C)CC(N)C1(c2cc(F)cc(F)c2)CCC1. The Morgan fingerprint density at radius 2 is 1.72 bits per heavy atom. The molecule has 1 aliphatic rings. The highest BCUT2D eigenvalue weighted by molar-refractivity contribution is 5.31. The molecule has 2 N–H and O–H groups in total. The molecular formula is C15H21F2N. The molecule has 0 aromatic heterocycles. The van der Waals surface area contributed by atoms with Gasteiger partial charge in [0.25, 0.3) is 0 Å². The summed E-state index contributed by atoms with van der Waals surface area (Å²) in [6.07, 6.45) is 3.84. The zero-order chi connectivity index (χ0) is 13.3. The largest absolute Gasteiger partial charge is 0.327 e. The van der Waals surface area contributed by atoms with E-state index in [1.165, 1.54) is 12.1 Å². The average molecular weight is 253 g/mol. The molecule has 2 rings (SSSR count). The molecule has 0 radical (unpaired) electrons. The van der Waals surface area contributed by atoms with E-state index in [4.69, 9.17) is 5.73 Å². The standard InChI is InChI=1S/C15H21F2N/c1-10(2)6-14(18)15(4-3-5-15)11-7-12(16)9-13(17)8-11/h7-10,14H,3-6,18H2,1-2H3. The number of halogens is 2. The van der Waals surface area contributed by atoms with Crippen molar-refractivity contribution < 1.29 is 8.78 Å². The van der Waals surface area contributed by atoms with Gasteiger partial charge in [0.1, 0.15) is 11.6 Å². The molecule has 1 aromatic rings. The number of benzene rings is 1. The fourth-order valence-corrected chi connectivity index (χ4v) is 3.01. The second kappa shape index (κ2) is 4.96. The number of hydrogen-bond acceptors (Lipinski definition) is 1. The zero-order valence-corrected chi connectivity index (χ0v) is 11.0. The van der Waals surface area contributed by atoms with Crippen LogP contribution in [0.4, 0.5) is 8.78 Å². The Kier molecular flexibility index (Phi) is 3.71. The van der Waals surface area contributed by atoms with Crippen molar-refractivity contribution in [3.8, 4) is 0 Å². The van der Waals surface area contributed by atoms with Crippen molar-refractivity contribution in [1.29, 1.82) is 0 Å². The number of rotatable bonds is 4. The predicted octanol–water partition coefficient (Wildman–Crippen LogP) is 3.76. The Morgan fingerprint density at radius 3 is 2.11 bits per heavy atom. The quantitative estimate of drug-likeness (QED) is 0.868. The Bertz CT molecular complexity index is 404. The summed E-state index contributed by atoms with van der Waals surface area (Å²) in [6, 6.07) is 3.79. The van der Waals surface area contributed by atoms with Crippen molar-refractivity contribution in [2.75, 3.05) is 0 Å². The van der Waals surface area contributed by atoms with Crippen molar-refractivity contribution in [2.24, 2.45) is 11.7 Å². The molecule has 0 aliphatic heterocycles. The molecule has 1 unspecified atom stereocenters. The topological polar surface area (TPSA) is 26.0 Å². The van der Waals surface area contributed by atoms with E-state index in [1.54, 1.807) is 0 Å². The third-order valence-electron chi connectivity index (χ3n) is 4.12. The van der Waals surface area contributed by atoms with Gasteiger partial charge in [-0.3, -0.25) is 0 Å². The summed E-state index contributed by atoms with van der Waals surface area (Å²) in [5.74, 6) is -0.517. The molecule has 0 bridgehead atoms. The van der Waals surface area contributed by atoms with E-state index in [9.17, 15) is 8.78 Å². The lowest BCUT2D eigenvalue weighted by molar-refractivity contribution is 0.177. The molecule has 1 atom stereocenters. The normalized spacial score (nSPS) is 19.7. The summed E-state index contributed by atoms with van der Waals surface area (Å²) in [6.45, 7) is 4.25. The van der Waals surface area contributed by atoms with E-state index in [0.717, 1.165) is 37.3 Å². The van der Waals surface area contributed by atoms with Crippen LogP contribution in [0.15, 0.2) is 18.2 Å². The van der Waals surface area contributed by atoms with Crippen LogP contribution in [-0.2, 0) is 5.41 Å². The molecule has 0 saturated heterocycles. The van der Waals surface area contributed by atoms with Crippen LogP contribution in [0.5, 0.6) is 0 Å². The van der Waals surface area contributed by atoms with Crippen LogP contribution in [-0.4, -0.2) is 6.04 Å². The van der Waals surface area contributed by atoms with Gasteiger partial charge in [0.2, 0.25) is 0 Å². The van der Waals surface area contributed by atoms with E-state index in [-0.39, 0.29) is 11.5 Å². The summed E-state index contributed by atoms with van der Waals surface area (Å²) in [4.78, 5) is 0. The van der Waals surface area contributed by atoms with E-state index in [2.05, 4.69) is 13.8 Å². The first-order valence-corrected chi connectivity index (χ1v) is 6.66. The van der Waals surface area contributed by atoms with Crippen molar-refractivity contribution in [1.82, 2.24) is 0 Å². The highest BCUT2D eigenvalue weighted by Gasteiger charge is 2.44. The van der Waals surface area contributed by atoms with Gasteiger partial charge in [-0.15, -0.1) is 0 Å². The molecule has 1 nitrogen and oxygen atoms in total. The molecule has 1 saturated carbocycles. The zero-order valence-electron chi connectivity index (χ0n) is 11.0. The van der Waals surface area contributed by atoms with Crippen LogP contribution >= 0.6 is 0 Å². The Labute approximate surface area is 107 Å². The van der Waals surface area contributed by atoms with Gasteiger partial charge < -0.3 is 5.73 Å².